The molecule has 21 heavy (non-hydrogen) atoms. The van der Waals surface area contributed by atoms with Crippen molar-refractivity contribution < 1.29 is 4.39 Å². The fraction of sp³-hybridized carbons (Fsp3) is 0.647. The van der Waals surface area contributed by atoms with Crippen molar-refractivity contribution in [2.24, 2.45) is 5.92 Å². The van der Waals surface area contributed by atoms with Crippen molar-refractivity contribution in [3.63, 3.8) is 0 Å². The van der Waals surface area contributed by atoms with Crippen molar-refractivity contribution in [1.82, 2.24) is 10.2 Å². The third-order valence-electron chi connectivity index (χ3n) is 4.54. The Hall–Kier alpha value is -0.640. The lowest BCUT2D eigenvalue weighted by atomic mass is 9.90. The van der Waals surface area contributed by atoms with Gasteiger partial charge in [0.2, 0.25) is 0 Å². The Morgan fingerprint density at radius 3 is 2.86 bits per heavy atom. The van der Waals surface area contributed by atoms with Gasteiger partial charge >= 0.3 is 0 Å². The molecule has 1 saturated heterocycles. The van der Waals surface area contributed by atoms with E-state index in [1.807, 2.05) is 0 Å². The molecule has 0 aromatic heterocycles. The molecule has 0 bridgehead atoms. The van der Waals surface area contributed by atoms with Gasteiger partial charge in [-0.1, -0.05) is 31.9 Å². The van der Waals surface area contributed by atoms with E-state index < -0.39 is 0 Å². The Kier molecular flexibility index (Phi) is 5.29. The van der Waals surface area contributed by atoms with Crippen LogP contribution in [0.25, 0.3) is 0 Å². The Labute approximate surface area is 132 Å². The first kappa shape index (κ1) is 16.7. The van der Waals surface area contributed by atoms with Crippen LogP contribution >= 0.6 is 11.6 Å². The van der Waals surface area contributed by atoms with Gasteiger partial charge in [-0.25, -0.2) is 4.39 Å². The highest BCUT2D eigenvalue weighted by molar-refractivity contribution is 6.31. The van der Waals surface area contributed by atoms with Crippen LogP contribution < -0.4 is 5.32 Å². The molecule has 1 aromatic carbocycles. The van der Waals surface area contributed by atoms with Crippen LogP contribution in [-0.4, -0.2) is 29.6 Å². The van der Waals surface area contributed by atoms with Crippen molar-refractivity contribution in [3.05, 3.63) is 34.6 Å². The maximum Gasteiger partial charge on any atom is 0.123 e. The van der Waals surface area contributed by atoms with Crippen LogP contribution in [0, 0.1) is 11.7 Å². The van der Waals surface area contributed by atoms with E-state index in [0.717, 1.165) is 25.1 Å². The summed E-state index contributed by atoms with van der Waals surface area (Å²) in [6.07, 6.45) is 1.14. The standard InChI is InChI=1S/C17H26ClFN2/c1-5-12(2)16-9-20-17(3,4)11-21(16)10-13-8-14(19)6-7-15(13)18/h6-8,12,16,20H,5,9-11H2,1-4H3. The number of benzene rings is 1. The normalized spacial score (nSPS) is 24.0. The predicted octanol–water partition coefficient (Wildman–Crippen LogP) is 4.08. The number of nitrogens with one attached hydrogen (secondary N) is 1. The topological polar surface area (TPSA) is 15.3 Å². The lowest BCUT2D eigenvalue weighted by Crippen LogP contribution is -2.62. The van der Waals surface area contributed by atoms with Crippen LogP contribution in [0.3, 0.4) is 0 Å². The molecule has 2 rings (SSSR count). The molecular weight excluding hydrogens is 287 g/mol. The van der Waals surface area contributed by atoms with Crippen LogP contribution in [0.2, 0.25) is 5.02 Å². The molecule has 0 radical (unpaired) electrons. The summed E-state index contributed by atoms with van der Waals surface area (Å²) in [5.74, 6) is 0.379. The minimum atomic E-state index is -0.219. The van der Waals surface area contributed by atoms with Crippen LogP contribution in [0.1, 0.15) is 39.7 Å². The largest absolute Gasteiger partial charge is 0.309 e. The van der Waals surface area contributed by atoms with Gasteiger partial charge in [-0.3, -0.25) is 4.90 Å². The fourth-order valence-corrected chi connectivity index (χ4v) is 3.26. The van der Waals surface area contributed by atoms with Gasteiger partial charge in [0.05, 0.1) is 0 Å². The highest BCUT2D eigenvalue weighted by Gasteiger charge is 2.34. The van der Waals surface area contributed by atoms with E-state index in [9.17, 15) is 4.39 Å². The third kappa shape index (κ3) is 4.18. The van der Waals surface area contributed by atoms with Crippen molar-refractivity contribution in [3.8, 4) is 0 Å². The molecule has 1 fully saturated rings. The van der Waals surface area contributed by atoms with E-state index in [1.54, 1.807) is 12.1 Å². The molecule has 1 aliphatic rings. The molecule has 118 valence electrons. The Balaban J connectivity index is 2.21. The van der Waals surface area contributed by atoms with Crippen LogP contribution in [-0.2, 0) is 6.54 Å². The zero-order valence-corrected chi connectivity index (χ0v) is 14.2. The molecule has 1 aromatic rings. The summed E-state index contributed by atoms with van der Waals surface area (Å²) in [6, 6.07) is 5.09. The zero-order chi connectivity index (χ0) is 15.6. The molecule has 1 heterocycles. The Morgan fingerprint density at radius 1 is 1.48 bits per heavy atom. The summed E-state index contributed by atoms with van der Waals surface area (Å²) in [7, 11) is 0. The molecule has 1 N–H and O–H groups in total. The van der Waals surface area contributed by atoms with Gasteiger partial charge in [-0.05, 0) is 43.5 Å². The first-order chi connectivity index (χ1) is 9.82. The summed E-state index contributed by atoms with van der Waals surface area (Å²) < 4.78 is 13.5. The molecule has 4 heteroatoms. The monoisotopic (exact) mass is 312 g/mol. The molecule has 2 atom stereocenters. The maximum absolute atomic E-state index is 13.5. The maximum atomic E-state index is 13.5. The SMILES string of the molecule is CCC(C)C1CNC(C)(C)CN1Cc1cc(F)ccc1Cl. The van der Waals surface area contributed by atoms with E-state index in [4.69, 9.17) is 11.6 Å². The first-order valence-corrected chi connectivity index (χ1v) is 8.13. The quantitative estimate of drug-likeness (QED) is 0.901. The molecule has 0 amide bonds. The first-order valence-electron chi connectivity index (χ1n) is 7.75. The molecule has 0 saturated carbocycles. The van der Waals surface area contributed by atoms with Crippen LogP contribution in [0.15, 0.2) is 18.2 Å². The minimum Gasteiger partial charge on any atom is -0.309 e. The van der Waals surface area contributed by atoms with Crippen molar-refractivity contribution in [1.29, 1.82) is 0 Å². The van der Waals surface area contributed by atoms with E-state index in [2.05, 4.69) is 37.9 Å². The van der Waals surface area contributed by atoms with E-state index in [1.165, 1.54) is 6.07 Å². The van der Waals surface area contributed by atoms with Gasteiger partial charge in [-0.15, -0.1) is 0 Å². The van der Waals surface area contributed by atoms with Gasteiger partial charge < -0.3 is 5.32 Å². The number of hydrogen-bond donors (Lipinski definition) is 1. The Bertz CT molecular complexity index is 490. The number of nitrogens with zero attached hydrogens (tertiary/aromatic N) is 1. The molecule has 0 spiro atoms. The smallest absolute Gasteiger partial charge is 0.123 e. The highest BCUT2D eigenvalue weighted by Crippen LogP contribution is 2.26. The molecule has 1 aliphatic heterocycles. The van der Waals surface area contributed by atoms with Gasteiger partial charge in [-0.2, -0.15) is 0 Å². The van der Waals surface area contributed by atoms with Crippen LogP contribution in [0.4, 0.5) is 4.39 Å². The molecule has 2 nitrogen and oxygen atoms in total. The highest BCUT2D eigenvalue weighted by atomic mass is 35.5. The van der Waals surface area contributed by atoms with Gasteiger partial charge in [0, 0.05) is 36.2 Å². The van der Waals surface area contributed by atoms with Crippen molar-refractivity contribution in [2.75, 3.05) is 13.1 Å². The summed E-state index contributed by atoms with van der Waals surface area (Å²) in [5.41, 5.74) is 0.951. The van der Waals surface area contributed by atoms with Gasteiger partial charge in [0.25, 0.3) is 0 Å². The lowest BCUT2D eigenvalue weighted by Gasteiger charge is -2.47. The molecule has 2 unspecified atom stereocenters. The third-order valence-corrected chi connectivity index (χ3v) is 4.91. The average Bonchev–Trinajstić information content (AvgIpc) is 2.41. The van der Waals surface area contributed by atoms with Gasteiger partial charge in [0.15, 0.2) is 0 Å². The fourth-order valence-electron chi connectivity index (χ4n) is 3.08. The minimum absolute atomic E-state index is 0.0732. The lowest BCUT2D eigenvalue weighted by molar-refractivity contribution is 0.0571. The number of halogens is 2. The summed E-state index contributed by atoms with van der Waals surface area (Å²) >= 11 is 6.24. The van der Waals surface area contributed by atoms with Gasteiger partial charge in [0.1, 0.15) is 5.82 Å². The second kappa shape index (κ2) is 6.64. The summed E-state index contributed by atoms with van der Waals surface area (Å²) in [5, 5.41) is 4.27. The van der Waals surface area contributed by atoms with Crippen molar-refractivity contribution in [2.45, 2.75) is 52.2 Å². The van der Waals surface area contributed by atoms with E-state index in [0.29, 0.717) is 23.5 Å². The molecular formula is C17H26ClFN2. The number of hydrogen-bond acceptors (Lipinski definition) is 2. The second-order valence-corrected chi connectivity index (χ2v) is 7.27. The van der Waals surface area contributed by atoms with Crippen LogP contribution in [0.5, 0.6) is 0 Å². The average molecular weight is 313 g/mol. The van der Waals surface area contributed by atoms with E-state index in [-0.39, 0.29) is 11.4 Å². The number of rotatable bonds is 4. The predicted molar refractivity (Wildman–Crippen MR) is 87.1 cm³/mol. The summed E-state index contributed by atoms with van der Waals surface area (Å²) in [6.45, 7) is 11.5. The number of piperazine rings is 1. The van der Waals surface area contributed by atoms with E-state index >= 15 is 0 Å². The molecule has 0 aliphatic carbocycles. The van der Waals surface area contributed by atoms with Crippen molar-refractivity contribution >= 4 is 11.6 Å². The zero-order valence-electron chi connectivity index (χ0n) is 13.4. The summed E-state index contributed by atoms with van der Waals surface area (Å²) in [4.78, 5) is 2.45. The second-order valence-electron chi connectivity index (χ2n) is 6.86. The Morgan fingerprint density at radius 2 is 2.19 bits per heavy atom.